The van der Waals surface area contributed by atoms with Crippen LogP contribution < -0.4 is 5.32 Å². The number of amides is 1. The van der Waals surface area contributed by atoms with Crippen LogP contribution in [0.1, 0.15) is 18.6 Å². The van der Waals surface area contributed by atoms with E-state index < -0.39 is 6.10 Å². The molecule has 0 saturated heterocycles. The van der Waals surface area contributed by atoms with Gasteiger partial charge in [0.2, 0.25) is 0 Å². The Morgan fingerprint density at radius 3 is 2.62 bits per heavy atom. The summed E-state index contributed by atoms with van der Waals surface area (Å²) < 4.78 is 0. The second-order valence-corrected chi connectivity index (χ2v) is 2.71. The molecule has 0 heterocycles. The molecule has 1 amide bonds. The summed E-state index contributed by atoms with van der Waals surface area (Å²) in [6, 6.07) is 8.86. The molecule has 70 valence electrons. The number of carbonyl (C=O) groups is 1. The van der Waals surface area contributed by atoms with Gasteiger partial charge in [0.05, 0.1) is 0 Å². The zero-order valence-electron chi connectivity index (χ0n) is 7.53. The van der Waals surface area contributed by atoms with Gasteiger partial charge in [-0.2, -0.15) is 0 Å². The fourth-order valence-electron chi connectivity index (χ4n) is 1.06. The van der Waals surface area contributed by atoms with Crippen LogP contribution in [0.15, 0.2) is 30.3 Å². The van der Waals surface area contributed by atoms with E-state index in [1.807, 2.05) is 13.0 Å². The predicted molar refractivity (Wildman–Crippen MR) is 50.1 cm³/mol. The zero-order chi connectivity index (χ0) is 9.68. The molecular weight excluding hydrogens is 166 g/mol. The highest BCUT2D eigenvalue weighted by atomic mass is 16.3. The van der Waals surface area contributed by atoms with Crippen LogP contribution in [0, 0.1) is 0 Å². The van der Waals surface area contributed by atoms with E-state index in [2.05, 4.69) is 5.32 Å². The largest absolute Gasteiger partial charge is 0.378 e. The summed E-state index contributed by atoms with van der Waals surface area (Å²) in [6.07, 6.45) is -1.05. The molecule has 13 heavy (non-hydrogen) atoms. The first-order valence-corrected chi connectivity index (χ1v) is 4.26. The summed E-state index contributed by atoms with van der Waals surface area (Å²) in [6.45, 7) is 2.35. The minimum Gasteiger partial charge on any atom is -0.378 e. The quantitative estimate of drug-likeness (QED) is 0.723. The van der Waals surface area contributed by atoms with Gasteiger partial charge in [0.25, 0.3) is 5.91 Å². The highest BCUT2D eigenvalue weighted by molar-refractivity contribution is 5.81. The number of nitrogens with one attached hydrogen (secondary N) is 1. The van der Waals surface area contributed by atoms with E-state index in [0.717, 1.165) is 0 Å². The summed E-state index contributed by atoms with van der Waals surface area (Å²) in [5, 5.41) is 12.1. The average Bonchev–Trinajstić information content (AvgIpc) is 2.18. The van der Waals surface area contributed by atoms with Crippen LogP contribution in [0.2, 0.25) is 0 Å². The normalized spacial score (nSPS) is 12.2. The molecule has 0 aliphatic carbocycles. The van der Waals surface area contributed by atoms with Crippen molar-refractivity contribution in [1.29, 1.82) is 0 Å². The summed E-state index contributed by atoms with van der Waals surface area (Å²) in [5.41, 5.74) is 0.619. The van der Waals surface area contributed by atoms with Gasteiger partial charge in [-0.25, -0.2) is 0 Å². The van der Waals surface area contributed by atoms with Crippen molar-refractivity contribution in [2.75, 3.05) is 6.54 Å². The molecule has 0 unspecified atom stereocenters. The fraction of sp³-hybridized carbons (Fsp3) is 0.300. The maximum Gasteiger partial charge on any atom is 0.253 e. The first-order chi connectivity index (χ1) is 6.25. The molecule has 0 bridgehead atoms. The first kappa shape index (κ1) is 9.74. The highest BCUT2D eigenvalue weighted by Crippen LogP contribution is 2.11. The number of benzene rings is 1. The van der Waals surface area contributed by atoms with E-state index in [1.54, 1.807) is 24.3 Å². The van der Waals surface area contributed by atoms with Crippen LogP contribution in [-0.2, 0) is 4.79 Å². The molecule has 2 N–H and O–H groups in total. The number of rotatable bonds is 3. The fourth-order valence-corrected chi connectivity index (χ4v) is 1.06. The SMILES string of the molecule is CCNC(=O)[C@@H](O)c1ccccc1. The van der Waals surface area contributed by atoms with Gasteiger partial charge in [-0.05, 0) is 12.5 Å². The minimum atomic E-state index is -1.05. The monoisotopic (exact) mass is 179 g/mol. The molecule has 0 saturated carbocycles. The van der Waals surface area contributed by atoms with E-state index in [1.165, 1.54) is 0 Å². The number of hydrogen-bond donors (Lipinski definition) is 2. The third kappa shape index (κ3) is 2.56. The summed E-state index contributed by atoms with van der Waals surface area (Å²) >= 11 is 0. The second-order valence-electron chi connectivity index (χ2n) is 2.71. The lowest BCUT2D eigenvalue weighted by Crippen LogP contribution is -2.28. The highest BCUT2D eigenvalue weighted by Gasteiger charge is 2.14. The molecule has 0 aliphatic heterocycles. The Morgan fingerprint density at radius 1 is 1.46 bits per heavy atom. The van der Waals surface area contributed by atoms with Gasteiger partial charge >= 0.3 is 0 Å². The van der Waals surface area contributed by atoms with Crippen LogP contribution in [0.25, 0.3) is 0 Å². The summed E-state index contributed by atoms with van der Waals surface area (Å²) in [7, 11) is 0. The Bertz CT molecular complexity index is 272. The van der Waals surface area contributed by atoms with Crippen molar-refractivity contribution >= 4 is 5.91 Å². The van der Waals surface area contributed by atoms with E-state index >= 15 is 0 Å². The van der Waals surface area contributed by atoms with Gasteiger partial charge in [0, 0.05) is 6.54 Å². The number of likely N-dealkylation sites (N-methyl/N-ethyl adjacent to an activating group) is 1. The smallest absolute Gasteiger partial charge is 0.253 e. The molecule has 0 aromatic heterocycles. The number of aliphatic hydroxyl groups is 1. The van der Waals surface area contributed by atoms with Crippen molar-refractivity contribution in [3.8, 4) is 0 Å². The van der Waals surface area contributed by atoms with Crippen molar-refractivity contribution < 1.29 is 9.90 Å². The predicted octanol–water partition coefficient (Wildman–Crippen LogP) is 0.856. The number of carbonyl (C=O) groups excluding carboxylic acids is 1. The van der Waals surface area contributed by atoms with Gasteiger partial charge in [-0.3, -0.25) is 4.79 Å². The molecule has 1 rings (SSSR count). The minimum absolute atomic E-state index is 0.353. The number of aliphatic hydroxyl groups excluding tert-OH is 1. The van der Waals surface area contributed by atoms with Crippen molar-refractivity contribution in [3.63, 3.8) is 0 Å². The Labute approximate surface area is 77.4 Å². The Kier molecular flexibility index (Phi) is 3.46. The maximum atomic E-state index is 11.2. The second kappa shape index (κ2) is 4.62. The van der Waals surface area contributed by atoms with Crippen LogP contribution in [0.4, 0.5) is 0 Å². The summed E-state index contributed by atoms with van der Waals surface area (Å²) in [4.78, 5) is 11.2. The topological polar surface area (TPSA) is 49.3 Å². The molecule has 0 radical (unpaired) electrons. The molecule has 0 aliphatic rings. The number of hydrogen-bond acceptors (Lipinski definition) is 2. The van der Waals surface area contributed by atoms with Gasteiger partial charge in [0.1, 0.15) is 0 Å². The average molecular weight is 179 g/mol. The molecule has 1 atom stereocenters. The molecule has 1 aromatic rings. The standard InChI is InChI=1S/C10H13NO2/c1-2-11-10(13)9(12)8-6-4-3-5-7-8/h3-7,9,12H,2H2,1H3,(H,11,13)/t9-/m0/s1. The van der Waals surface area contributed by atoms with Crippen LogP contribution in [-0.4, -0.2) is 17.6 Å². The summed E-state index contributed by atoms with van der Waals surface area (Å²) in [5.74, 6) is -0.353. The van der Waals surface area contributed by atoms with Gasteiger partial charge in [-0.15, -0.1) is 0 Å². The van der Waals surface area contributed by atoms with Crippen LogP contribution in [0.3, 0.4) is 0 Å². The van der Waals surface area contributed by atoms with Gasteiger partial charge in [0.15, 0.2) is 6.10 Å². The van der Waals surface area contributed by atoms with Gasteiger partial charge < -0.3 is 10.4 Å². The Hall–Kier alpha value is -1.35. The van der Waals surface area contributed by atoms with Crippen molar-refractivity contribution in [1.82, 2.24) is 5.32 Å². The van der Waals surface area contributed by atoms with Crippen molar-refractivity contribution in [2.45, 2.75) is 13.0 Å². The Morgan fingerprint density at radius 2 is 2.08 bits per heavy atom. The molecule has 1 aromatic carbocycles. The van der Waals surface area contributed by atoms with Gasteiger partial charge in [-0.1, -0.05) is 30.3 Å². The molecule has 3 heteroatoms. The molecule has 3 nitrogen and oxygen atoms in total. The zero-order valence-corrected chi connectivity index (χ0v) is 7.53. The lowest BCUT2D eigenvalue weighted by atomic mass is 10.1. The molecular formula is C10H13NO2. The van der Waals surface area contributed by atoms with Crippen molar-refractivity contribution in [3.05, 3.63) is 35.9 Å². The molecule has 0 fully saturated rings. The first-order valence-electron chi connectivity index (χ1n) is 4.26. The maximum absolute atomic E-state index is 11.2. The third-order valence-corrected chi connectivity index (χ3v) is 1.71. The van der Waals surface area contributed by atoms with E-state index in [9.17, 15) is 9.90 Å². The van der Waals surface area contributed by atoms with E-state index in [0.29, 0.717) is 12.1 Å². The lowest BCUT2D eigenvalue weighted by Gasteiger charge is -2.09. The molecule has 0 spiro atoms. The Balaban J connectivity index is 2.68. The third-order valence-electron chi connectivity index (χ3n) is 1.71. The van der Waals surface area contributed by atoms with E-state index in [4.69, 9.17) is 0 Å². The lowest BCUT2D eigenvalue weighted by molar-refractivity contribution is -0.129. The van der Waals surface area contributed by atoms with Crippen LogP contribution in [0.5, 0.6) is 0 Å². The van der Waals surface area contributed by atoms with E-state index in [-0.39, 0.29) is 5.91 Å². The van der Waals surface area contributed by atoms with Crippen LogP contribution >= 0.6 is 0 Å². The van der Waals surface area contributed by atoms with Crippen molar-refractivity contribution in [2.24, 2.45) is 0 Å².